The summed E-state index contributed by atoms with van der Waals surface area (Å²) < 4.78 is 2.20. The van der Waals surface area contributed by atoms with Gasteiger partial charge in [0.1, 0.15) is 0 Å². The van der Waals surface area contributed by atoms with Gasteiger partial charge in [0.2, 0.25) is 5.95 Å². The lowest BCUT2D eigenvalue weighted by Crippen LogP contribution is -2.23. The number of allylic oxidation sites excluding steroid dienone is 4. The van der Waals surface area contributed by atoms with Crippen molar-refractivity contribution in [3.8, 4) is 28.7 Å². The Bertz CT molecular complexity index is 2340. The Morgan fingerprint density at radius 1 is 0.617 bits per heavy atom. The predicted molar refractivity (Wildman–Crippen MR) is 194 cm³/mol. The molecule has 1 atom stereocenters. The molecule has 0 radical (unpaired) electrons. The van der Waals surface area contributed by atoms with Crippen molar-refractivity contribution in [2.24, 2.45) is 5.92 Å². The summed E-state index contributed by atoms with van der Waals surface area (Å²) in [6.07, 6.45) is 12.3. The molecule has 0 saturated carbocycles. The molecule has 3 heterocycles. The van der Waals surface area contributed by atoms with Crippen LogP contribution in [0.1, 0.15) is 24.5 Å². The van der Waals surface area contributed by atoms with Crippen LogP contribution in [0.25, 0.3) is 62.7 Å². The van der Waals surface area contributed by atoms with E-state index in [0.29, 0.717) is 23.5 Å². The average molecular weight is 606 g/mol. The number of fused-ring (bicyclic) bond motifs is 6. The third-order valence-electron chi connectivity index (χ3n) is 9.25. The van der Waals surface area contributed by atoms with Crippen LogP contribution in [-0.4, -0.2) is 19.5 Å². The minimum absolute atomic E-state index is 0.383. The van der Waals surface area contributed by atoms with Crippen molar-refractivity contribution in [3.05, 3.63) is 156 Å². The van der Waals surface area contributed by atoms with Crippen molar-refractivity contribution in [1.29, 1.82) is 0 Å². The van der Waals surface area contributed by atoms with Crippen LogP contribution in [0.5, 0.6) is 0 Å². The van der Waals surface area contributed by atoms with E-state index in [4.69, 9.17) is 15.0 Å². The van der Waals surface area contributed by atoms with Gasteiger partial charge < -0.3 is 4.90 Å². The van der Waals surface area contributed by atoms with Crippen molar-refractivity contribution in [3.63, 3.8) is 0 Å². The molecular formula is C42H31N5. The van der Waals surface area contributed by atoms with Crippen LogP contribution in [-0.2, 0) is 0 Å². The molecule has 0 N–H and O–H groups in total. The number of hydrogen-bond donors (Lipinski definition) is 0. The van der Waals surface area contributed by atoms with Gasteiger partial charge in [-0.2, -0.15) is 9.97 Å². The quantitative estimate of drug-likeness (QED) is 0.200. The molecule has 0 amide bonds. The maximum atomic E-state index is 5.13. The first-order valence-electron chi connectivity index (χ1n) is 16.1. The summed E-state index contributed by atoms with van der Waals surface area (Å²) in [5.74, 6) is 2.26. The third kappa shape index (κ3) is 4.50. The molecular weight excluding hydrogens is 574 g/mol. The SMILES string of the molecule is CC1CC=CC=C1N1c2ccccc2C=Cc2c1ccc1c2c2ccccc2n1-c1nc(-c2ccccc2)nc(-c2ccccc2)n1. The van der Waals surface area contributed by atoms with Crippen LogP contribution in [0, 0.1) is 5.92 Å². The first-order chi connectivity index (χ1) is 23.2. The Labute approximate surface area is 273 Å². The lowest BCUT2D eigenvalue weighted by molar-refractivity contribution is 0.670. The summed E-state index contributed by atoms with van der Waals surface area (Å²) in [6.45, 7) is 2.32. The van der Waals surface area contributed by atoms with Gasteiger partial charge in [0.25, 0.3) is 0 Å². The standard InChI is InChI=1S/C42H31N5/c1-28-14-8-11-21-34(28)46-35-22-12-9-15-29(35)24-25-33-37(46)26-27-38-39(33)32-20-10-13-23-36(32)47(38)42-44-40(30-16-4-2-5-17-30)43-41(45-42)31-18-6-3-7-19-31/h2-13,15-28H,14H2,1H3. The summed E-state index contributed by atoms with van der Waals surface area (Å²) in [5, 5.41) is 2.33. The number of nitrogens with zero attached hydrogens (tertiary/aromatic N) is 5. The lowest BCUT2D eigenvalue weighted by atomic mass is 9.95. The molecule has 0 bridgehead atoms. The van der Waals surface area contributed by atoms with E-state index in [9.17, 15) is 0 Å². The van der Waals surface area contributed by atoms with Gasteiger partial charge in [-0.3, -0.25) is 4.57 Å². The molecule has 224 valence electrons. The summed E-state index contributed by atoms with van der Waals surface area (Å²) in [5.41, 5.74) is 10.0. The van der Waals surface area contributed by atoms with Gasteiger partial charge in [0, 0.05) is 39.1 Å². The van der Waals surface area contributed by atoms with E-state index in [2.05, 4.69) is 107 Å². The van der Waals surface area contributed by atoms with E-state index in [1.54, 1.807) is 0 Å². The largest absolute Gasteiger partial charge is 0.313 e. The first kappa shape index (κ1) is 27.3. The van der Waals surface area contributed by atoms with E-state index >= 15 is 0 Å². The van der Waals surface area contributed by atoms with Crippen molar-refractivity contribution in [2.45, 2.75) is 13.3 Å². The third-order valence-corrected chi connectivity index (χ3v) is 9.25. The second-order valence-corrected chi connectivity index (χ2v) is 12.1. The molecule has 1 aliphatic carbocycles. The minimum atomic E-state index is 0.383. The van der Waals surface area contributed by atoms with Gasteiger partial charge in [0.05, 0.1) is 22.4 Å². The molecule has 5 aromatic carbocycles. The normalized spacial score (nSPS) is 15.4. The van der Waals surface area contributed by atoms with E-state index in [1.165, 1.54) is 33.6 Å². The molecule has 47 heavy (non-hydrogen) atoms. The van der Waals surface area contributed by atoms with E-state index in [1.807, 2.05) is 60.7 Å². The molecule has 9 rings (SSSR count). The fourth-order valence-electron chi connectivity index (χ4n) is 7.00. The highest BCUT2D eigenvalue weighted by atomic mass is 15.2. The molecule has 0 fully saturated rings. The maximum Gasteiger partial charge on any atom is 0.238 e. The molecule has 7 aromatic rings. The van der Waals surface area contributed by atoms with Crippen LogP contribution < -0.4 is 4.90 Å². The summed E-state index contributed by atoms with van der Waals surface area (Å²) in [6, 6.07) is 42.1. The van der Waals surface area contributed by atoms with Crippen molar-refractivity contribution < 1.29 is 0 Å². The van der Waals surface area contributed by atoms with Crippen molar-refractivity contribution in [2.75, 3.05) is 4.90 Å². The second-order valence-electron chi connectivity index (χ2n) is 12.1. The smallest absolute Gasteiger partial charge is 0.238 e. The number of benzene rings is 5. The van der Waals surface area contributed by atoms with E-state index in [0.717, 1.165) is 34.0 Å². The van der Waals surface area contributed by atoms with Crippen molar-refractivity contribution >= 4 is 45.3 Å². The maximum absolute atomic E-state index is 5.13. The Balaban J connectivity index is 1.34. The number of para-hydroxylation sites is 2. The van der Waals surface area contributed by atoms with Gasteiger partial charge in [-0.05, 0) is 42.3 Å². The fraction of sp³-hybridized carbons (Fsp3) is 0.0714. The number of anilines is 2. The highest BCUT2D eigenvalue weighted by Crippen LogP contribution is 2.46. The number of rotatable bonds is 4. The summed E-state index contributed by atoms with van der Waals surface area (Å²) in [4.78, 5) is 17.7. The molecule has 2 aliphatic rings. The Hall–Kier alpha value is -6.07. The summed E-state index contributed by atoms with van der Waals surface area (Å²) in [7, 11) is 0. The number of aromatic nitrogens is 4. The molecule has 1 unspecified atom stereocenters. The fourth-order valence-corrected chi connectivity index (χ4v) is 7.00. The Kier molecular flexibility index (Phi) is 6.42. The van der Waals surface area contributed by atoms with Crippen LogP contribution in [0.3, 0.4) is 0 Å². The van der Waals surface area contributed by atoms with Crippen LogP contribution in [0.4, 0.5) is 11.4 Å². The van der Waals surface area contributed by atoms with Gasteiger partial charge >= 0.3 is 0 Å². The minimum Gasteiger partial charge on any atom is -0.313 e. The molecule has 0 spiro atoms. The molecule has 5 heteroatoms. The topological polar surface area (TPSA) is 46.8 Å². The molecule has 0 saturated heterocycles. The van der Waals surface area contributed by atoms with Crippen LogP contribution >= 0.6 is 0 Å². The van der Waals surface area contributed by atoms with Gasteiger partial charge in [-0.25, -0.2) is 4.98 Å². The Morgan fingerprint density at radius 2 is 1.30 bits per heavy atom. The van der Waals surface area contributed by atoms with Gasteiger partial charge in [-0.15, -0.1) is 0 Å². The molecule has 2 aromatic heterocycles. The Morgan fingerprint density at radius 3 is 2.04 bits per heavy atom. The first-order valence-corrected chi connectivity index (χ1v) is 16.1. The lowest BCUT2D eigenvalue weighted by Gasteiger charge is -2.33. The van der Waals surface area contributed by atoms with Crippen LogP contribution in [0.2, 0.25) is 0 Å². The average Bonchev–Trinajstić information content (AvgIpc) is 3.38. The molecule has 5 nitrogen and oxygen atoms in total. The highest BCUT2D eigenvalue weighted by molar-refractivity contribution is 6.16. The van der Waals surface area contributed by atoms with E-state index in [-0.39, 0.29) is 0 Å². The zero-order valence-corrected chi connectivity index (χ0v) is 26.0. The zero-order valence-electron chi connectivity index (χ0n) is 26.0. The van der Waals surface area contributed by atoms with Crippen molar-refractivity contribution in [1.82, 2.24) is 19.5 Å². The van der Waals surface area contributed by atoms with E-state index < -0.39 is 0 Å². The number of hydrogen-bond acceptors (Lipinski definition) is 4. The predicted octanol–water partition coefficient (Wildman–Crippen LogP) is 10.4. The van der Waals surface area contributed by atoms with Crippen LogP contribution in [0.15, 0.2) is 145 Å². The van der Waals surface area contributed by atoms with Gasteiger partial charge in [0.15, 0.2) is 11.6 Å². The summed E-state index contributed by atoms with van der Waals surface area (Å²) >= 11 is 0. The monoisotopic (exact) mass is 605 g/mol. The molecule has 1 aliphatic heterocycles. The van der Waals surface area contributed by atoms with Gasteiger partial charge in [-0.1, -0.05) is 128 Å². The second kappa shape index (κ2) is 11.1. The highest BCUT2D eigenvalue weighted by Gasteiger charge is 2.28. The zero-order chi connectivity index (χ0) is 31.3.